The minimum atomic E-state index is 0.0297. The quantitative estimate of drug-likeness (QED) is 0.164. The van der Waals surface area contributed by atoms with E-state index in [9.17, 15) is 0 Å². The van der Waals surface area contributed by atoms with Crippen molar-refractivity contribution in [3.05, 3.63) is 224 Å². The standard InChI is InChI=1S/C57H53N/c1-36-31-49-52(42-26-27-44(38(3)33-42)43-22-13-12-17-37(43)2)48-35-41(47(40-20-10-7-11-21-40)34-39-18-8-6-9-19-39)25-28-45(48)53-46-23-16-24-50-55(46)58(51(32-36)54(49)53)57(5)30-15-14-29-56(50,57)4/h6-13,16-28,31-33,35,47,52-53H,14-15,29-30,34H2,1-5H3. The molecule has 0 saturated heterocycles. The largest absolute Gasteiger partial charge is 0.334 e. The minimum absolute atomic E-state index is 0.0297. The highest BCUT2D eigenvalue weighted by atomic mass is 15.3. The van der Waals surface area contributed by atoms with Crippen LogP contribution in [-0.2, 0) is 11.8 Å². The molecule has 0 aromatic heterocycles. The van der Waals surface area contributed by atoms with E-state index < -0.39 is 0 Å². The Labute approximate surface area is 345 Å². The molecule has 5 atom stereocenters. The normalized spacial score (nSPS) is 22.7. The Kier molecular flexibility index (Phi) is 8.07. The van der Waals surface area contributed by atoms with Gasteiger partial charge in [-0.3, -0.25) is 0 Å². The van der Waals surface area contributed by atoms with Crippen molar-refractivity contribution in [1.82, 2.24) is 0 Å². The molecule has 0 bridgehead atoms. The number of aryl methyl sites for hydroxylation is 3. The molecule has 1 saturated carbocycles. The van der Waals surface area contributed by atoms with Crippen LogP contribution in [0.5, 0.6) is 0 Å². The fourth-order valence-corrected chi connectivity index (χ4v) is 12.3. The molecule has 1 heteroatoms. The van der Waals surface area contributed by atoms with Gasteiger partial charge in [0.1, 0.15) is 0 Å². The van der Waals surface area contributed by atoms with E-state index >= 15 is 0 Å². The highest BCUT2D eigenvalue weighted by Gasteiger charge is 2.60. The Morgan fingerprint density at radius 2 is 1.31 bits per heavy atom. The molecule has 5 unspecified atom stereocenters. The fourth-order valence-electron chi connectivity index (χ4n) is 12.3. The van der Waals surface area contributed by atoms with E-state index in [1.165, 1.54) is 115 Å². The van der Waals surface area contributed by atoms with Crippen LogP contribution in [-0.4, -0.2) is 5.54 Å². The van der Waals surface area contributed by atoms with Crippen molar-refractivity contribution in [1.29, 1.82) is 0 Å². The zero-order valence-corrected chi connectivity index (χ0v) is 34.6. The van der Waals surface area contributed by atoms with Crippen molar-refractivity contribution in [3.8, 4) is 11.1 Å². The number of hydrogen-bond acceptors (Lipinski definition) is 1. The number of para-hydroxylation sites is 1. The molecule has 7 aromatic rings. The summed E-state index contributed by atoms with van der Waals surface area (Å²) >= 11 is 0. The van der Waals surface area contributed by atoms with Gasteiger partial charge in [-0.25, -0.2) is 0 Å². The molecule has 286 valence electrons. The maximum Gasteiger partial charge on any atom is 0.0518 e. The molecular formula is C57H53N. The molecule has 7 aromatic carbocycles. The van der Waals surface area contributed by atoms with Gasteiger partial charge in [0, 0.05) is 34.5 Å². The summed E-state index contributed by atoms with van der Waals surface area (Å²) in [7, 11) is 0. The van der Waals surface area contributed by atoms with E-state index in [-0.39, 0.29) is 28.7 Å². The van der Waals surface area contributed by atoms with Gasteiger partial charge in [-0.1, -0.05) is 165 Å². The third-order valence-electron chi connectivity index (χ3n) is 15.3. The lowest BCUT2D eigenvalue weighted by Gasteiger charge is -2.53. The lowest BCUT2D eigenvalue weighted by atomic mass is 9.61. The van der Waals surface area contributed by atoms with E-state index in [1.54, 1.807) is 5.56 Å². The average Bonchev–Trinajstić information content (AvgIpc) is 3.46. The monoisotopic (exact) mass is 751 g/mol. The molecule has 2 aliphatic heterocycles. The Balaban J connectivity index is 1.17. The van der Waals surface area contributed by atoms with Crippen LogP contribution < -0.4 is 4.90 Å². The molecule has 1 nitrogen and oxygen atoms in total. The number of fused-ring (bicyclic) bond motifs is 7. The third kappa shape index (κ3) is 5.08. The molecule has 0 amide bonds. The second-order valence-electron chi connectivity index (χ2n) is 18.5. The van der Waals surface area contributed by atoms with Crippen molar-refractivity contribution in [2.75, 3.05) is 4.90 Å². The number of nitrogens with zero attached hydrogens (tertiary/aromatic N) is 1. The van der Waals surface area contributed by atoms with Crippen molar-refractivity contribution in [3.63, 3.8) is 0 Å². The Bertz CT molecular complexity index is 2740. The van der Waals surface area contributed by atoms with E-state index in [4.69, 9.17) is 0 Å². The SMILES string of the molecule is Cc1cc2c3c(c1)N1c4c(cccc4C4(C)CCCCC14C)C3c1ccc(C(Cc3ccccc3)c3ccccc3)cc1C2c1ccc(-c2ccccc2C)c(C)c1. The molecule has 2 heterocycles. The van der Waals surface area contributed by atoms with Crippen molar-refractivity contribution < 1.29 is 0 Å². The van der Waals surface area contributed by atoms with Crippen molar-refractivity contribution in [2.45, 2.75) is 95.4 Å². The van der Waals surface area contributed by atoms with Gasteiger partial charge in [-0.2, -0.15) is 0 Å². The Morgan fingerprint density at radius 3 is 2.10 bits per heavy atom. The zero-order chi connectivity index (χ0) is 39.3. The predicted molar refractivity (Wildman–Crippen MR) is 242 cm³/mol. The van der Waals surface area contributed by atoms with Crippen LogP contribution in [0, 0.1) is 20.8 Å². The highest BCUT2D eigenvalue weighted by Crippen LogP contribution is 2.68. The number of rotatable bonds is 6. The maximum atomic E-state index is 2.87. The summed E-state index contributed by atoms with van der Waals surface area (Å²) in [5, 5.41) is 0. The topological polar surface area (TPSA) is 3.24 Å². The smallest absolute Gasteiger partial charge is 0.0518 e. The predicted octanol–water partition coefficient (Wildman–Crippen LogP) is 14.4. The van der Waals surface area contributed by atoms with Gasteiger partial charge in [0.15, 0.2) is 0 Å². The first-order valence-electron chi connectivity index (χ1n) is 21.7. The summed E-state index contributed by atoms with van der Waals surface area (Å²) in [4.78, 5) is 2.87. The maximum absolute atomic E-state index is 2.87. The Hall–Kier alpha value is -5.66. The van der Waals surface area contributed by atoms with Crippen LogP contribution in [0.15, 0.2) is 152 Å². The van der Waals surface area contributed by atoms with Gasteiger partial charge < -0.3 is 4.90 Å². The Morgan fingerprint density at radius 1 is 0.569 bits per heavy atom. The van der Waals surface area contributed by atoms with Gasteiger partial charge >= 0.3 is 0 Å². The first kappa shape index (κ1) is 35.5. The van der Waals surface area contributed by atoms with Crippen LogP contribution >= 0.6 is 0 Å². The molecule has 0 N–H and O–H groups in total. The summed E-state index contributed by atoms with van der Waals surface area (Å²) in [6, 6.07) is 58.6. The second kappa shape index (κ2) is 13.2. The van der Waals surface area contributed by atoms with E-state index in [0.717, 1.165) is 6.42 Å². The lowest BCUT2D eigenvalue weighted by Crippen LogP contribution is -2.55. The molecule has 2 aliphatic carbocycles. The van der Waals surface area contributed by atoms with Crippen LogP contribution in [0.2, 0.25) is 0 Å². The second-order valence-corrected chi connectivity index (χ2v) is 18.5. The minimum Gasteiger partial charge on any atom is -0.334 e. The molecule has 58 heavy (non-hydrogen) atoms. The summed E-state index contributed by atoms with van der Waals surface area (Å²) in [5.41, 5.74) is 24.3. The van der Waals surface area contributed by atoms with E-state index in [1.807, 2.05) is 0 Å². The van der Waals surface area contributed by atoms with Gasteiger partial charge in [0.05, 0.1) is 5.54 Å². The fraction of sp³-hybridized carbons (Fsp3) is 0.263. The first-order chi connectivity index (χ1) is 28.2. The molecule has 0 radical (unpaired) electrons. The highest BCUT2D eigenvalue weighted by molar-refractivity contribution is 5.89. The van der Waals surface area contributed by atoms with Crippen LogP contribution in [0.25, 0.3) is 11.1 Å². The summed E-state index contributed by atoms with van der Waals surface area (Å²) < 4.78 is 0. The van der Waals surface area contributed by atoms with E-state index in [0.29, 0.717) is 0 Å². The third-order valence-corrected chi connectivity index (χ3v) is 15.3. The average molecular weight is 752 g/mol. The van der Waals surface area contributed by atoms with Crippen molar-refractivity contribution >= 4 is 11.4 Å². The first-order valence-corrected chi connectivity index (χ1v) is 21.7. The lowest BCUT2D eigenvalue weighted by molar-refractivity contribution is 0.194. The van der Waals surface area contributed by atoms with Crippen LogP contribution in [0.4, 0.5) is 11.4 Å². The van der Waals surface area contributed by atoms with Crippen molar-refractivity contribution in [2.24, 2.45) is 0 Å². The van der Waals surface area contributed by atoms with Crippen LogP contribution in [0.3, 0.4) is 0 Å². The molecule has 11 rings (SSSR count). The van der Waals surface area contributed by atoms with Gasteiger partial charge in [-0.05, 0) is 136 Å². The summed E-state index contributed by atoms with van der Waals surface area (Å²) in [6.45, 7) is 12.1. The molecule has 0 spiro atoms. The summed E-state index contributed by atoms with van der Waals surface area (Å²) in [5.74, 6) is 0.525. The molecular weight excluding hydrogens is 699 g/mol. The van der Waals surface area contributed by atoms with Gasteiger partial charge in [-0.15, -0.1) is 0 Å². The number of benzene rings is 7. The number of anilines is 2. The number of hydrogen-bond donors (Lipinski definition) is 0. The zero-order valence-electron chi connectivity index (χ0n) is 34.6. The summed E-state index contributed by atoms with van der Waals surface area (Å²) in [6.07, 6.45) is 6.01. The van der Waals surface area contributed by atoms with Crippen LogP contribution in [0.1, 0.15) is 130 Å². The van der Waals surface area contributed by atoms with Gasteiger partial charge in [0.25, 0.3) is 0 Å². The molecule has 1 fully saturated rings. The van der Waals surface area contributed by atoms with Gasteiger partial charge in [0.2, 0.25) is 0 Å². The van der Waals surface area contributed by atoms with E-state index in [2.05, 4.69) is 191 Å². The molecule has 4 aliphatic rings.